The van der Waals surface area contributed by atoms with Crippen LogP contribution in [-0.4, -0.2) is 60.0 Å². The van der Waals surface area contributed by atoms with E-state index in [1.807, 2.05) is 13.8 Å². The molecule has 3 N–H and O–H groups in total. The average molecular weight is 540 g/mol. The van der Waals surface area contributed by atoms with Crippen LogP contribution in [0, 0.1) is 5.92 Å². The zero-order chi connectivity index (χ0) is 27.2. The maximum atomic E-state index is 13.3. The third-order valence-electron chi connectivity index (χ3n) is 6.17. The Morgan fingerprint density at radius 1 is 0.946 bits per heavy atom. The minimum absolute atomic E-state index is 0.0325. The first-order chi connectivity index (χ1) is 17.5. The first-order valence-corrected chi connectivity index (χ1v) is 12.2. The summed E-state index contributed by atoms with van der Waals surface area (Å²) in [7, 11) is 0. The van der Waals surface area contributed by atoms with E-state index in [4.69, 9.17) is 11.6 Å². The number of halogens is 4. The highest BCUT2D eigenvalue weighted by molar-refractivity contribution is 6.30. The van der Waals surface area contributed by atoms with Gasteiger partial charge in [0, 0.05) is 42.6 Å². The van der Waals surface area contributed by atoms with Gasteiger partial charge in [0.15, 0.2) is 0 Å². The van der Waals surface area contributed by atoms with Gasteiger partial charge in [-0.05, 0) is 42.3 Å². The molecule has 1 heterocycles. The summed E-state index contributed by atoms with van der Waals surface area (Å²) < 4.78 is 38.8. The van der Waals surface area contributed by atoms with Gasteiger partial charge in [0.2, 0.25) is 5.91 Å². The minimum Gasteiger partial charge on any atom is -0.337 e. The van der Waals surface area contributed by atoms with Crippen LogP contribution in [0.4, 0.5) is 34.1 Å². The van der Waals surface area contributed by atoms with Gasteiger partial charge in [-0.1, -0.05) is 44.0 Å². The van der Waals surface area contributed by atoms with E-state index in [0.717, 1.165) is 12.1 Å². The molecule has 0 aliphatic carbocycles. The topological polar surface area (TPSA) is 93.8 Å². The molecule has 200 valence electrons. The number of nitrogens with zero attached hydrogens (tertiary/aromatic N) is 2. The van der Waals surface area contributed by atoms with Crippen LogP contribution in [0.3, 0.4) is 0 Å². The molecule has 1 aliphatic heterocycles. The van der Waals surface area contributed by atoms with Gasteiger partial charge >= 0.3 is 18.2 Å². The molecule has 0 aromatic heterocycles. The quantitative estimate of drug-likeness (QED) is 0.467. The van der Waals surface area contributed by atoms with Gasteiger partial charge in [-0.15, -0.1) is 0 Å². The molecule has 37 heavy (non-hydrogen) atoms. The van der Waals surface area contributed by atoms with E-state index in [-0.39, 0.29) is 43.7 Å². The Kier molecular flexibility index (Phi) is 9.25. The molecule has 1 saturated heterocycles. The summed E-state index contributed by atoms with van der Waals surface area (Å²) in [6.07, 6.45) is -3.87. The Morgan fingerprint density at radius 2 is 1.54 bits per heavy atom. The second kappa shape index (κ2) is 12.2. The van der Waals surface area contributed by atoms with E-state index in [9.17, 15) is 27.6 Å². The predicted molar refractivity (Wildman–Crippen MR) is 135 cm³/mol. The smallest absolute Gasteiger partial charge is 0.337 e. The highest BCUT2D eigenvalue weighted by Gasteiger charge is 2.33. The lowest BCUT2D eigenvalue weighted by Gasteiger charge is -2.37. The molecule has 5 amide bonds. The van der Waals surface area contributed by atoms with Crippen molar-refractivity contribution < 1.29 is 27.6 Å². The first-order valence-electron chi connectivity index (χ1n) is 11.8. The van der Waals surface area contributed by atoms with Gasteiger partial charge in [-0.3, -0.25) is 4.79 Å². The van der Waals surface area contributed by atoms with Crippen LogP contribution >= 0.6 is 11.6 Å². The molecule has 2 aromatic carbocycles. The summed E-state index contributed by atoms with van der Waals surface area (Å²) in [6.45, 7) is 4.61. The number of rotatable bonds is 6. The molecule has 2 atom stereocenters. The van der Waals surface area contributed by atoms with Gasteiger partial charge in [0.25, 0.3) is 0 Å². The van der Waals surface area contributed by atoms with Crippen LogP contribution in [0.25, 0.3) is 0 Å². The van der Waals surface area contributed by atoms with Gasteiger partial charge in [-0.25, -0.2) is 9.59 Å². The van der Waals surface area contributed by atoms with Crippen LogP contribution in [-0.2, 0) is 11.0 Å². The first kappa shape index (κ1) is 28.1. The van der Waals surface area contributed by atoms with E-state index in [1.165, 1.54) is 17.0 Å². The highest BCUT2D eigenvalue weighted by Crippen LogP contribution is 2.30. The molecule has 1 fully saturated rings. The standard InChI is InChI=1S/C25H29ClF3N5O3/c1-3-16(2)21(32-23(36)30-20-9-5-7-18(26)15-20)22(35)33-10-12-34(13-11-33)24(37)31-19-8-4-6-17(14-19)25(27,28)29/h4-9,14-16,21H,3,10-13H2,1-2H3,(H,31,37)(H2,30,32,36). The molecule has 12 heteroatoms. The summed E-state index contributed by atoms with van der Waals surface area (Å²) >= 11 is 5.95. The minimum atomic E-state index is -4.52. The van der Waals surface area contributed by atoms with Crippen LogP contribution < -0.4 is 16.0 Å². The third kappa shape index (κ3) is 7.75. The average Bonchev–Trinajstić information content (AvgIpc) is 2.86. The summed E-state index contributed by atoms with van der Waals surface area (Å²) in [5, 5.41) is 8.36. The Balaban J connectivity index is 1.57. The van der Waals surface area contributed by atoms with E-state index < -0.39 is 29.8 Å². The number of alkyl halides is 3. The molecule has 3 rings (SSSR count). The molecule has 2 aromatic rings. The van der Waals surface area contributed by atoms with E-state index >= 15 is 0 Å². The Bertz CT molecular complexity index is 1120. The molecule has 0 radical (unpaired) electrons. The SMILES string of the molecule is CCC(C)C(NC(=O)Nc1cccc(Cl)c1)C(=O)N1CCN(C(=O)Nc2cccc(C(F)(F)F)c2)CC1. The molecule has 1 aliphatic rings. The fourth-order valence-corrected chi connectivity index (χ4v) is 4.05. The second-order valence-corrected chi connectivity index (χ2v) is 9.23. The number of carbonyl (C=O) groups is 3. The number of amides is 5. The van der Waals surface area contributed by atoms with E-state index in [1.54, 1.807) is 29.2 Å². The number of urea groups is 2. The molecule has 2 unspecified atom stereocenters. The van der Waals surface area contributed by atoms with Gasteiger partial charge in [0.1, 0.15) is 6.04 Å². The van der Waals surface area contributed by atoms with Crippen LogP contribution in [0.15, 0.2) is 48.5 Å². The van der Waals surface area contributed by atoms with Gasteiger partial charge < -0.3 is 25.8 Å². The number of benzene rings is 2. The Morgan fingerprint density at radius 3 is 2.14 bits per heavy atom. The van der Waals surface area contributed by atoms with E-state index in [0.29, 0.717) is 17.1 Å². The lowest BCUT2D eigenvalue weighted by atomic mass is 9.97. The van der Waals surface area contributed by atoms with Crippen molar-refractivity contribution in [1.29, 1.82) is 0 Å². The summed E-state index contributed by atoms with van der Waals surface area (Å²) in [4.78, 5) is 41.4. The lowest BCUT2D eigenvalue weighted by molar-refractivity contribution is -0.137. The zero-order valence-corrected chi connectivity index (χ0v) is 21.2. The van der Waals surface area contributed by atoms with Crippen molar-refractivity contribution in [3.63, 3.8) is 0 Å². The molecule has 8 nitrogen and oxygen atoms in total. The molecule has 0 bridgehead atoms. The normalized spacial score (nSPS) is 15.5. The molecular weight excluding hydrogens is 511 g/mol. The molecule has 0 spiro atoms. The van der Waals surface area contributed by atoms with Crippen molar-refractivity contribution in [3.05, 3.63) is 59.1 Å². The van der Waals surface area contributed by atoms with Crippen molar-refractivity contribution in [2.45, 2.75) is 32.5 Å². The van der Waals surface area contributed by atoms with Crippen LogP contribution in [0.5, 0.6) is 0 Å². The van der Waals surface area contributed by atoms with Gasteiger partial charge in [0.05, 0.1) is 5.56 Å². The summed E-state index contributed by atoms with van der Waals surface area (Å²) in [6, 6.07) is 9.15. The third-order valence-corrected chi connectivity index (χ3v) is 6.40. The summed E-state index contributed by atoms with van der Waals surface area (Å²) in [5.74, 6) is -0.423. The van der Waals surface area contributed by atoms with Crippen LogP contribution in [0.2, 0.25) is 5.02 Å². The van der Waals surface area contributed by atoms with Crippen molar-refractivity contribution in [2.24, 2.45) is 5.92 Å². The number of hydrogen-bond donors (Lipinski definition) is 3. The zero-order valence-electron chi connectivity index (χ0n) is 20.4. The number of piperazine rings is 1. The Hall–Kier alpha value is -3.47. The van der Waals surface area contributed by atoms with Crippen molar-refractivity contribution >= 4 is 40.9 Å². The van der Waals surface area contributed by atoms with Gasteiger partial charge in [-0.2, -0.15) is 13.2 Å². The van der Waals surface area contributed by atoms with Crippen molar-refractivity contribution in [3.8, 4) is 0 Å². The fraction of sp³-hybridized carbons (Fsp3) is 0.400. The summed E-state index contributed by atoms with van der Waals surface area (Å²) in [5.41, 5.74) is -0.338. The predicted octanol–water partition coefficient (Wildman–Crippen LogP) is 5.27. The molecule has 0 saturated carbocycles. The monoisotopic (exact) mass is 539 g/mol. The number of nitrogens with one attached hydrogen (secondary N) is 3. The van der Waals surface area contributed by atoms with Crippen LogP contribution in [0.1, 0.15) is 25.8 Å². The lowest BCUT2D eigenvalue weighted by Crippen LogP contribution is -2.58. The Labute approximate surface area is 218 Å². The largest absolute Gasteiger partial charge is 0.416 e. The fourth-order valence-electron chi connectivity index (χ4n) is 3.86. The number of hydrogen-bond acceptors (Lipinski definition) is 3. The van der Waals surface area contributed by atoms with Crippen molar-refractivity contribution in [1.82, 2.24) is 15.1 Å². The number of carbonyl (C=O) groups excluding carboxylic acids is 3. The van der Waals surface area contributed by atoms with E-state index in [2.05, 4.69) is 16.0 Å². The maximum Gasteiger partial charge on any atom is 0.416 e. The van der Waals surface area contributed by atoms with Crippen molar-refractivity contribution in [2.75, 3.05) is 36.8 Å². The molecular formula is C25H29ClF3N5O3. The maximum absolute atomic E-state index is 13.3. The highest BCUT2D eigenvalue weighted by atomic mass is 35.5. The number of anilines is 2. The second-order valence-electron chi connectivity index (χ2n) is 8.79.